The Morgan fingerprint density at radius 3 is 2.52 bits per heavy atom. The molecule has 0 saturated heterocycles. The summed E-state index contributed by atoms with van der Waals surface area (Å²) >= 11 is 0. The van der Waals surface area contributed by atoms with Crippen LogP contribution in [0.4, 0.5) is 0 Å². The normalized spacial score (nSPS) is 27.5. The number of benzene rings is 1. The summed E-state index contributed by atoms with van der Waals surface area (Å²) in [7, 11) is 2.10. The van der Waals surface area contributed by atoms with Crippen LogP contribution in [-0.2, 0) is 6.42 Å². The van der Waals surface area contributed by atoms with Crippen molar-refractivity contribution in [1.82, 2.24) is 4.90 Å². The van der Waals surface area contributed by atoms with Crippen molar-refractivity contribution in [1.29, 1.82) is 0 Å². The molecular weight excluding hydrogens is 258 g/mol. The highest BCUT2D eigenvalue weighted by atomic mass is 16.1. The van der Waals surface area contributed by atoms with E-state index in [9.17, 15) is 4.79 Å². The summed E-state index contributed by atoms with van der Waals surface area (Å²) in [6, 6.07) is 8.10. The van der Waals surface area contributed by atoms with Crippen LogP contribution in [-0.4, -0.2) is 30.8 Å². The molecule has 2 heteroatoms. The minimum Gasteiger partial charge on any atom is -0.299 e. The van der Waals surface area contributed by atoms with Gasteiger partial charge in [-0.3, -0.25) is 9.69 Å². The Labute approximate surface area is 128 Å². The minimum absolute atomic E-state index is 0.253. The molecule has 3 unspecified atom stereocenters. The molecule has 2 aliphatic carbocycles. The van der Waals surface area contributed by atoms with Crippen molar-refractivity contribution in [2.24, 2.45) is 17.8 Å². The summed E-state index contributed by atoms with van der Waals surface area (Å²) in [6.07, 6.45) is 6.75. The molecule has 0 spiro atoms. The van der Waals surface area contributed by atoms with Gasteiger partial charge in [0.2, 0.25) is 0 Å². The van der Waals surface area contributed by atoms with Gasteiger partial charge < -0.3 is 0 Å². The van der Waals surface area contributed by atoms with Gasteiger partial charge in [0.25, 0.3) is 0 Å². The van der Waals surface area contributed by atoms with Gasteiger partial charge in [-0.2, -0.15) is 0 Å². The van der Waals surface area contributed by atoms with Gasteiger partial charge in [-0.1, -0.05) is 37.6 Å². The van der Waals surface area contributed by atoms with Crippen LogP contribution >= 0.6 is 0 Å². The van der Waals surface area contributed by atoms with Gasteiger partial charge in [0.1, 0.15) is 0 Å². The lowest BCUT2D eigenvalue weighted by molar-refractivity contribution is 0.0929. The summed E-state index contributed by atoms with van der Waals surface area (Å²) in [5, 5.41) is 0. The Bertz CT molecular complexity index is 493. The predicted molar refractivity (Wildman–Crippen MR) is 86.6 cm³/mol. The first-order chi connectivity index (χ1) is 10.2. The molecule has 0 N–H and O–H groups in total. The molecule has 0 radical (unpaired) electrons. The number of carbonyl (C=O) groups is 1. The van der Waals surface area contributed by atoms with E-state index in [4.69, 9.17) is 0 Å². The van der Waals surface area contributed by atoms with Crippen LogP contribution in [0, 0.1) is 17.8 Å². The second kappa shape index (κ2) is 6.31. The van der Waals surface area contributed by atoms with Crippen LogP contribution in [0.25, 0.3) is 0 Å². The second-order valence-electron chi connectivity index (χ2n) is 7.11. The first-order valence-corrected chi connectivity index (χ1v) is 8.46. The zero-order chi connectivity index (χ0) is 14.8. The Morgan fingerprint density at radius 2 is 1.95 bits per heavy atom. The third kappa shape index (κ3) is 3.37. The van der Waals surface area contributed by atoms with Crippen LogP contribution in [0.3, 0.4) is 0 Å². The maximum Gasteiger partial charge on any atom is 0.176 e. The number of Topliss-reactive ketones (excluding diaryl/α,β-unsaturated/α-hetero) is 1. The Morgan fingerprint density at radius 1 is 1.19 bits per heavy atom. The van der Waals surface area contributed by atoms with Crippen molar-refractivity contribution in [2.75, 3.05) is 20.1 Å². The Balaban J connectivity index is 1.51. The molecule has 3 atom stereocenters. The maximum atomic E-state index is 12.3. The van der Waals surface area contributed by atoms with Crippen LogP contribution in [0.15, 0.2) is 24.3 Å². The smallest absolute Gasteiger partial charge is 0.176 e. The molecule has 0 heterocycles. The van der Waals surface area contributed by atoms with E-state index in [1.807, 2.05) is 12.1 Å². The van der Waals surface area contributed by atoms with Crippen molar-refractivity contribution < 1.29 is 4.79 Å². The van der Waals surface area contributed by atoms with Crippen LogP contribution in [0.2, 0.25) is 0 Å². The number of likely N-dealkylation sites (N-methyl/N-ethyl adjacent to an activating group) is 1. The lowest BCUT2D eigenvalue weighted by Gasteiger charge is -2.26. The van der Waals surface area contributed by atoms with Crippen molar-refractivity contribution in [3.8, 4) is 0 Å². The zero-order valence-electron chi connectivity index (χ0n) is 13.3. The monoisotopic (exact) mass is 285 g/mol. The quantitative estimate of drug-likeness (QED) is 0.741. The second-order valence-corrected chi connectivity index (χ2v) is 7.11. The van der Waals surface area contributed by atoms with Gasteiger partial charge in [0, 0.05) is 12.1 Å². The standard InChI is InChI=1S/C19H27NO/c1-3-14-4-7-16(8-5-14)19(21)13-20(2)12-18-11-15-6-9-17(18)10-15/h4-5,7-8,15,17-18H,3,6,9-13H2,1-2H3. The van der Waals surface area contributed by atoms with E-state index >= 15 is 0 Å². The Kier molecular flexibility index (Phi) is 4.44. The fourth-order valence-electron chi connectivity index (χ4n) is 4.33. The molecule has 3 rings (SSSR count). The SMILES string of the molecule is CCc1ccc(C(=O)CN(C)CC2CC3CCC2C3)cc1. The average Bonchev–Trinajstić information content (AvgIpc) is 3.09. The van der Waals surface area contributed by atoms with E-state index in [2.05, 4.69) is 31.0 Å². The van der Waals surface area contributed by atoms with E-state index in [0.29, 0.717) is 6.54 Å². The minimum atomic E-state index is 0.253. The highest BCUT2D eigenvalue weighted by molar-refractivity contribution is 5.97. The molecular formula is C19H27NO. The number of fused-ring (bicyclic) bond motifs is 2. The summed E-state index contributed by atoms with van der Waals surface area (Å²) in [5.41, 5.74) is 2.15. The molecule has 2 nitrogen and oxygen atoms in total. The Hall–Kier alpha value is -1.15. The van der Waals surface area contributed by atoms with E-state index < -0.39 is 0 Å². The number of aryl methyl sites for hydroxylation is 1. The molecule has 0 amide bonds. The molecule has 0 aliphatic heterocycles. The molecule has 2 aliphatic rings. The fourth-order valence-corrected chi connectivity index (χ4v) is 4.33. The molecule has 21 heavy (non-hydrogen) atoms. The van der Waals surface area contributed by atoms with Crippen molar-refractivity contribution >= 4 is 5.78 Å². The van der Waals surface area contributed by atoms with Gasteiger partial charge in [-0.05, 0) is 56.0 Å². The summed E-state index contributed by atoms with van der Waals surface area (Å²) in [5.74, 6) is 3.02. The molecule has 1 aromatic rings. The van der Waals surface area contributed by atoms with E-state index in [1.54, 1.807) is 0 Å². The van der Waals surface area contributed by atoms with Crippen molar-refractivity contribution in [3.63, 3.8) is 0 Å². The number of nitrogens with zero attached hydrogens (tertiary/aromatic N) is 1. The van der Waals surface area contributed by atoms with Gasteiger partial charge in [-0.15, -0.1) is 0 Å². The fraction of sp³-hybridized carbons (Fsp3) is 0.632. The summed E-state index contributed by atoms with van der Waals surface area (Å²) < 4.78 is 0. The van der Waals surface area contributed by atoms with E-state index in [1.165, 1.54) is 31.2 Å². The lowest BCUT2D eigenvalue weighted by Crippen LogP contribution is -2.32. The third-order valence-corrected chi connectivity index (χ3v) is 5.53. The molecule has 114 valence electrons. The molecule has 2 saturated carbocycles. The maximum absolute atomic E-state index is 12.3. The van der Waals surface area contributed by atoms with Crippen molar-refractivity contribution in [2.45, 2.75) is 39.0 Å². The first kappa shape index (κ1) is 14.8. The van der Waals surface area contributed by atoms with Crippen LogP contribution < -0.4 is 0 Å². The molecule has 0 aromatic heterocycles. The summed E-state index contributed by atoms with van der Waals surface area (Å²) in [6.45, 7) is 3.79. The number of hydrogen-bond acceptors (Lipinski definition) is 2. The molecule has 1 aromatic carbocycles. The van der Waals surface area contributed by atoms with Gasteiger partial charge in [-0.25, -0.2) is 0 Å². The highest BCUT2D eigenvalue weighted by Crippen LogP contribution is 2.48. The van der Waals surface area contributed by atoms with Gasteiger partial charge >= 0.3 is 0 Å². The number of carbonyl (C=O) groups excluding carboxylic acids is 1. The van der Waals surface area contributed by atoms with Crippen molar-refractivity contribution in [3.05, 3.63) is 35.4 Å². The molecule has 2 fully saturated rings. The number of rotatable bonds is 6. The average molecular weight is 285 g/mol. The zero-order valence-corrected chi connectivity index (χ0v) is 13.3. The lowest BCUT2D eigenvalue weighted by atomic mass is 9.88. The number of ketones is 1. The van der Waals surface area contributed by atoms with Gasteiger partial charge in [0.05, 0.1) is 6.54 Å². The van der Waals surface area contributed by atoms with E-state index in [0.717, 1.165) is 36.3 Å². The highest BCUT2D eigenvalue weighted by Gasteiger charge is 2.39. The topological polar surface area (TPSA) is 20.3 Å². The van der Waals surface area contributed by atoms with E-state index in [-0.39, 0.29) is 5.78 Å². The number of hydrogen-bond donors (Lipinski definition) is 0. The van der Waals surface area contributed by atoms with Crippen LogP contribution in [0.5, 0.6) is 0 Å². The van der Waals surface area contributed by atoms with Crippen LogP contribution in [0.1, 0.15) is 48.5 Å². The first-order valence-electron chi connectivity index (χ1n) is 8.46. The molecule has 2 bridgehead atoms. The largest absolute Gasteiger partial charge is 0.299 e. The third-order valence-electron chi connectivity index (χ3n) is 5.53. The predicted octanol–water partition coefficient (Wildman–Crippen LogP) is 3.80. The summed E-state index contributed by atoms with van der Waals surface area (Å²) in [4.78, 5) is 14.6. The van der Waals surface area contributed by atoms with Gasteiger partial charge in [0.15, 0.2) is 5.78 Å².